The van der Waals surface area contributed by atoms with Crippen LogP contribution in [0.2, 0.25) is 0 Å². The summed E-state index contributed by atoms with van der Waals surface area (Å²) in [6, 6.07) is 8.38. The summed E-state index contributed by atoms with van der Waals surface area (Å²) < 4.78 is 1.74. The monoisotopic (exact) mass is 358 g/mol. The van der Waals surface area contributed by atoms with Crippen LogP contribution in [0.25, 0.3) is 0 Å². The van der Waals surface area contributed by atoms with Crippen molar-refractivity contribution >= 4 is 5.91 Å². The number of benzene rings is 1. The van der Waals surface area contributed by atoms with Crippen LogP contribution in [0.15, 0.2) is 30.5 Å². The predicted molar refractivity (Wildman–Crippen MR) is 99.5 cm³/mol. The Morgan fingerprint density at radius 2 is 1.92 bits per heavy atom. The molecule has 0 saturated carbocycles. The van der Waals surface area contributed by atoms with E-state index in [1.54, 1.807) is 20.7 Å². The molecule has 1 saturated heterocycles. The molecule has 0 aliphatic carbocycles. The van der Waals surface area contributed by atoms with E-state index in [4.69, 9.17) is 0 Å². The molecule has 3 N–H and O–H groups in total. The fraction of sp³-hybridized carbons (Fsp3) is 0.526. The number of carbonyl (C=O) groups excluding carboxylic acids is 1. The second-order valence-electron chi connectivity index (χ2n) is 7.38. The Hall–Kier alpha value is -2.25. The van der Waals surface area contributed by atoms with Crippen LogP contribution in [0.3, 0.4) is 0 Å². The molecule has 1 aromatic carbocycles. The van der Waals surface area contributed by atoms with Crippen molar-refractivity contribution in [3.8, 4) is 0 Å². The molecular weight excluding hydrogens is 328 g/mol. The maximum Gasteiger partial charge on any atom is 0.273 e. The normalized spacial score (nSPS) is 21.3. The molecule has 26 heavy (non-hydrogen) atoms. The Kier molecular flexibility index (Phi) is 6.00. The number of nitrogens with one attached hydrogen (secondary N) is 3. The molecule has 1 fully saturated rings. The molecule has 140 valence electrons. The van der Waals surface area contributed by atoms with Crippen LogP contribution >= 0.6 is 0 Å². The SMILES string of the molecule is Cc1ccc([C@@H](C)n2cc(C(=O)NCC[NH+]3CC[NH+](C)CC3)nn2)cc1. The number of aryl methyl sites for hydroxylation is 1. The summed E-state index contributed by atoms with van der Waals surface area (Å²) in [6.45, 7) is 10.5. The molecule has 7 heteroatoms. The van der Waals surface area contributed by atoms with Crippen molar-refractivity contribution in [2.45, 2.75) is 19.9 Å². The first kappa shape index (κ1) is 18.5. The average molecular weight is 358 g/mol. The number of quaternary nitrogens is 2. The molecule has 1 aliphatic rings. The Morgan fingerprint density at radius 1 is 1.23 bits per heavy atom. The Labute approximate surface area is 155 Å². The smallest absolute Gasteiger partial charge is 0.273 e. The molecular formula is C19H30N6O+2. The van der Waals surface area contributed by atoms with E-state index >= 15 is 0 Å². The van der Waals surface area contributed by atoms with Gasteiger partial charge in [-0.25, -0.2) is 4.68 Å². The van der Waals surface area contributed by atoms with Gasteiger partial charge in [0.1, 0.15) is 26.2 Å². The van der Waals surface area contributed by atoms with Gasteiger partial charge in [0.2, 0.25) is 0 Å². The number of carbonyl (C=O) groups is 1. The minimum atomic E-state index is -0.147. The molecule has 2 aromatic rings. The van der Waals surface area contributed by atoms with E-state index in [-0.39, 0.29) is 11.9 Å². The van der Waals surface area contributed by atoms with Crippen molar-refractivity contribution < 1.29 is 14.6 Å². The third-order valence-electron chi connectivity index (χ3n) is 5.27. The molecule has 0 radical (unpaired) electrons. The molecule has 0 unspecified atom stereocenters. The van der Waals surface area contributed by atoms with Crippen LogP contribution in [-0.4, -0.2) is 67.2 Å². The molecule has 1 amide bonds. The number of rotatable bonds is 6. The largest absolute Gasteiger partial charge is 0.345 e. The van der Waals surface area contributed by atoms with Crippen LogP contribution in [0.1, 0.15) is 34.6 Å². The van der Waals surface area contributed by atoms with E-state index in [0.717, 1.165) is 12.1 Å². The summed E-state index contributed by atoms with van der Waals surface area (Å²) in [6.07, 6.45) is 1.73. The van der Waals surface area contributed by atoms with Gasteiger partial charge in [-0.15, -0.1) is 5.10 Å². The third-order valence-corrected chi connectivity index (χ3v) is 5.27. The highest BCUT2D eigenvalue weighted by molar-refractivity contribution is 5.91. The second kappa shape index (κ2) is 8.42. The molecule has 0 bridgehead atoms. The van der Waals surface area contributed by atoms with Gasteiger partial charge in [0.05, 0.1) is 32.4 Å². The van der Waals surface area contributed by atoms with Crippen molar-refractivity contribution in [2.75, 3.05) is 46.3 Å². The highest BCUT2D eigenvalue weighted by atomic mass is 16.2. The first-order valence-electron chi connectivity index (χ1n) is 9.44. The summed E-state index contributed by atoms with van der Waals surface area (Å²) in [5.41, 5.74) is 2.75. The highest BCUT2D eigenvalue weighted by Gasteiger charge is 2.20. The van der Waals surface area contributed by atoms with Crippen LogP contribution in [-0.2, 0) is 0 Å². The van der Waals surface area contributed by atoms with Gasteiger partial charge < -0.3 is 15.1 Å². The minimum Gasteiger partial charge on any atom is -0.345 e. The topological polar surface area (TPSA) is 68.7 Å². The highest BCUT2D eigenvalue weighted by Crippen LogP contribution is 2.17. The fourth-order valence-electron chi connectivity index (χ4n) is 3.29. The molecule has 1 atom stereocenters. The third kappa shape index (κ3) is 4.68. The van der Waals surface area contributed by atoms with Gasteiger partial charge in [0.15, 0.2) is 5.69 Å². The van der Waals surface area contributed by atoms with E-state index in [1.807, 2.05) is 0 Å². The minimum absolute atomic E-state index is 0.0435. The fourth-order valence-corrected chi connectivity index (χ4v) is 3.29. The van der Waals surface area contributed by atoms with E-state index in [2.05, 4.69) is 60.8 Å². The lowest BCUT2D eigenvalue weighted by Crippen LogP contribution is -3.27. The predicted octanol–water partition coefficient (Wildman–Crippen LogP) is -1.66. The Bertz CT molecular complexity index is 718. The van der Waals surface area contributed by atoms with E-state index in [9.17, 15) is 4.79 Å². The van der Waals surface area contributed by atoms with Crippen LogP contribution in [0.5, 0.6) is 0 Å². The first-order valence-corrected chi connectivity index (χ1v) is 9.44. The van der Waals surface area contributed by atoms with Gasteiger partial charge in [-0.2, -0.15) is 0 Å². The molecule has 7 nitrogen and oxygen atoms in total. The van der Waals surface area contributed by atoms with Gasteiger partial charge in [0, 0.05) is 0 Å². The van der Waals surface area contributed by atoms with Crippen LogP contribution in [0, 0.1) is 6.92 Å². The second-order valence-corrected chi connectivity index (χ2v) is 7.38. The van der Waals surface area contributed by atoms with Crippen molar-refractivity contribution in [2.24, 2.45) is 0 Å². The Balaban J connectivity index is 1.50. The number of nitrogens with zero attached hydrogens (tertiary/aromatic N) is 3. The summed E-state index contributed by atoms with van der Waals surface area (Å²) in [4.78, 5) is 15.5. The summed E-state index contributed by atoms with van der Waals surface area (Å²) >= 11 is 0. The first-order chi connectivity index (χ1) is 12.5. The summed E-state index contributed by atoms with van der Waals surface area (Å²) in [7, 11) is 2.24. The average Bonchev–Trinajstić information content (AvgIpc) is 3.13. The van der Waals surface area contributed by atoms with E-state index in [0.29, 0.717) is 12.2 Å². The van der Waals surface area contributed by atoms with Crippen LogP contribution < -0.4 is 15.1 Å². The van der Waals surface area contributed by atoms with Crippen molar-refractivity contribution in [1.29, 1.82) is 0 Å². The van der Waals surface area contributed by atoms with Gasteiger partial charge >= 0.3 is 0 Å². The number of likely N-dealkylation sites (N-methyl/N-ethyl adjacent to an activating group) is 1. The van der Waals surface area contributed by atoms with Crippen LogP contribution in [0.4, 0.5) is 0 Å². The summed E-state index contributed by atoms with van der Waals surface area (Å²) in [5, 5.41) is 11.2. The molecule has 2 heterocycles. The molecule has 1 aromatic heterocycles. The number of hydrogen-bond acceptors (Lipinski definition) is 3. The zero-order valence-corrected chi connectivity index (χ0v) is 16.0. The van der Waals surface area contributed by atoms with Gasteiger partial charge in [-0.3, -0.25) is 4.79 Å². The number of piperazine rings is 1. The molecule has 0 spiro atoms. The van der Waals surface area contributed by atoms with Crippen molar-refractivity contribution in [1.82, 2.24) is 20.3 Å². The lowest BCUT2D eigenvalue weighted by molar-refractivity contribution is -1.00. The number of aromatic nitrogens is 3. The van der Waals surface area contributed by atoms with E-state index < -0.39 is 0 Å². The maximum atomic E-state index is 12.3. The van der Waals surface area contributed by atoms with Gasteiger partial charge in [-0.1, -0.05) is 35.0 Å². The number of amides is 1. The zero-order valence-electron chi connectivity index (χ0n) is 16.0. The lowest BCUT2D eigenvalue weighted by Gasteiger charge is -2.27. The Morgan fingerprint density at radius 3 is 2.62 bits per heavy atom. The maximum absolute atomic E-state index is 12.3. The number of hydrogen-bond donors (Lipinski definition) is 3. The van der Waals surface area contributed by atoms with E-state index in [1.165, 1.54) is 31.7 Å². The lowest BCUT2D eigenvalue weighted by atomic mass is 10.1. The van der Waals surface area contributed by atoms with Gasteiger partial charge in [-0.05, 0) is 19.4 Å². The standard InChI is InChI=1S/C19H28N6O/c1-15-4-6-17(7-5-15)16(2)25-14-18(21-22-25)19(26)20-8-9-24-12-10-23(3)11-13-24/h4-7,14,16H,8-13H2,1-3H3,(H,20,26)/p+2/t16-/m1/s1. The quantitative estimate of drug-likeness (QED) is 0.579. The van der Waals surface area contributed by atoms with Crippen molar-refractivity contribution in [3.63, 3.8) is 0 Å². The van der Waals surface area contributed by atoms with Crippen molar-refractivity contribution in [3.05, 3.63) is 47.3 Å². The zero-order chi connectivity index (χ0) is 18.5. The summed E-state index contributed by atoms with van der Waals surface area (Å²) in [5.74, 6) is -0.147. The van der Waals surface area contributed by atoms with Gasteiger partial charge in [0.25, 0.3) is 5.91 Å². The molecule has 3 rings (SSSR count). The molecule has 1 aliphatic heterocycles.